The van der Waals surface area contributed by atoms with Gasteiger partial charge in [0.25, 0.3) is 0 Å². The van der Waals surface area contributed by atoms with Crippen molar-refractivity contribution >= 4 is 11.0 Å². The number of nitrogens with one attached hydrogen (secondary N) is 1. The Morgan fingerprint density at radius 1 is 1.32 bits per heavy atom. The third-order valence-electron chi connectivity index (χ3n) is 4.76. The molecule has 1 unspecified atom stereocenters. The molecule has 1 aliphatic rings. The maximum Gasteiger partial charge on any atom is 0.336 e. The summed E-state index contributed by atoms with van der Waals surface area (Å²) < 4.78 is 5.32. The van der Waals surface area contributed by atoms with Crippen LogP contribution in [0.15, 0.2) is 33.5 Å². The number of aliphatic hydroxyl groups excluding tert-OH is 1. The van der Waals surface area contributed by atoms with Crippen LogP contribution in [-0.4, -0.2) is 24.3 Å². The van der Waals surface area contributed by atoms with Crippen molar-refractivity contribution < 1.29 is 14.4 Å². The number of quaternary nitrogens is 1. The van der Waals surface area contributed by atoms with Crippen LogP contribution < -0.4 is 10.5 Å². The van der Waals surface area contributed by atoms with Crippen molar-refractivity contribution in [1.29, 1.82) is 0 Å². The molecule has 2 aromatic rings. The lowest BCUT2D eigenvalue weighted by atomic mass is 9.98. The van der Waals surface area contributed by atoms with Gasteiger partial charge in [0.1, 0.15) is 12.1 Å². The summed E-state index contributed by atoms with van der Waals surface area (Å²) in [5.74, 6) is 0. The highest BCUT2D eigenvalue weighted by atomic mass is 16.4. The Bertz CT molecular complexity index is 705. The first-order valence-electron chi connectivity index (χ1n) is 8.16. The SMILES string of the molecule is Cc1ccc2oc(=O)cc(C[NH+]3CCCC[C@@H]3CCO)c2c1. The smallest absolute Gasteiger partial charge is 0.336 e. The van der Waals surface area contributed by atoms with Gasteiger partial charge >= 0.3 is 5.63 Å². The molecule has 0 radical (unpaired) electrons. The van der Waals surface area contributed by atoms with Crippen LogP contribution in [0.2, 0.25) is 0 Å². The molecule has 4 nitrogen and oxygen atoms in total. The van der Waals surface area contributed by atoms with Gasteiger partial charge in [0.15, 0.2) is 0 Å². The predicted octanol–water partition coefficient (Wildman–Crippen LogP) is 1.42. The van der Waals surface area contributed by atoms with Gasteiger partial charge in [-0.25, -0.2) is 4.79 Å². The summed E-state index contributed by atoms with van der Waals surface area (Å²) in [6.07, 6.45) is 4.46. The second kappa shape index (κ2) is 6.63. The van der Waals surface area contributed by atoms with Gasteiger partial charge in [0.05, 0.1) is 12.6 Å². The molecule has 1 aliphatic heterocycles. The predicted molar refractivity (Wildman–Crippen MR) is 86.1 cm³/mol. The maximum atomic E-state index is 11.8. The number of piperidine rings is 1. The van der Waals surface area contributed by atoms with Crippen LogP contribution in [0.4, 0.5) is 0 Å². The van der Waals surface area contributed by atoms with E-state index in [1.807, 2.05) is 12.1 Å². The van der Waals surface area contributed by atoms with Crippen molar-refractivity contribution in [3.8, 4) is 0 Å². The minimum atomic E-state index is -0.276. The lowest BCUT2D eigenvalue weighted by Gasteiger charge is -2.32. The summed E-state index contributed by atoms with van der Waals surface area (Å²) in [4.78, 5) is 13.3. The van der Waals surface area contributed by atoms with Gasteiger partial charge in [-0.05, 0) is 38.3 Å². The van der Waals surface area contributed by atoms with E-state index in [1.165, 1.54) is 23.3 Å². The maximum absolute atomic E-state index is 11.8. The summed E-state index contributed by atoms with van der Waals surface area (Å²) in [6, 6.07) is 8.08. The van der Waals surface area contributed by atoms with Crippen LogP contribution in [0.3, 0.4) is 0 Å². The summed E-state index contributed by atoms with van der Waals surface area (Å²) in [5.41, 5.74) is 2.63. The molecular weight excluding hydrogens is 278 g/mol. The molecule has 2 N–H and O–H groups in total. The molecule has 22 heavy (non-hydrogen) atoms. The van der Waals surface area contributed by atoms with Crippen LogP contribution in [0.25, 0.3) is 11.0 Å². The average molecular weight is 302 g/mol. The zero-order valence-corrected chi connectivity index (χ0v) is 13.1. The van der Waals surface area contributed by atoms with Crippen molar-refractivity contribution in [2.75, 3.05) is 13.2 Å². The monoisotopic (exact) mass is 302 g/mol. The van der Waals surface area contributed by atoms with Crippen molar-refractivity contribution in [2.24, 2.45) is 0 Å². The van der Waals surface area contributed by atoms with Crippen LogP contribution in [0, 0.1) is 6.92 Å². The van der Waals surface area contributed by atoms with E-state index < -0.39 is 0 Å². The summed E-state index contributed by atoms with van der Waals surface area (Å²) in [7, 11) is 0. The molecule has 1 fully saturated rings. The van der Waals surface area contributed by atoms with E-state index in [0.717, 1.165) is 36.9 Å². The highest BCUT2D eigenvalue weighted by Gasteiger charge is 2.26. The first-order chi connectivity index (χ1) is 10.7. The van der Waals surface area contributed by atoms with Gasteiger partial charge in [0, 0.05) is 30.0 Å². The topological polar surface area (TPSA) is 54.9 Å². The van der Waals surface area contributed by atoms with E-state index in [1.54, 1.807) is 6.07 Å². The number of aryl methyl sites for hydroxylation is 1. The fourth-order valence-corrected chi connectivity index (χ4v) is 3.62. The van der Waals surface area contributed by atoms with Crippen LogP contribution >= 0.6 is 0 Å². The quantitative estimate of drug-likeness (QED) is 0.840. The zero-order chi connectivity index (χ0) is 15.5. The molecule has 3 rings (SSSR count). The number of likely N-dealkylation sites (tertiary alicyclic amines) is 1. The highest BCUT2D eigenvalue weighted by molar-refractivity contribution is 5.80. The standard InChI is InChI=1S/C18H23NO3/c1-13-5-6-17-16(10-13)14(11-18(21)22-17)12-19-8-3-2-4-15(19)7-9-20/h5-6,10-11,15,20H,2-4,7-9,12H2,1H3/p+1/t15-/m1/s1. The molecule has 4 heteroatoms. The highest BCUT2D eigenvalue weighted by Crippen LogP contribution is 2.18. The third-order valence-corrected chi connectivity index (χ3v) is 4.76. The molecular formula is C18H24NO3+. The van der Waals surface area contributed by atoms with Crippen molar-refractivity contribution in [2.45, 2.75) is 45.2 Å². The van der Waals surface area contributed by atoms with Gasteiger partial charge < -0.3 is 14.4 Å². The van der Waals surface area contributed by atoms with E-state index >= 15 is 0 Å². The molecule has 0 saturated carbocycles. The van der Waals surface area contributed by atoms with Crippen molar-refractivity contribution in [3.63, 3.8) is 0 Å². The molecule has 0 amide bonds. The fourth-order valence-electron chi connectivity index (χ4n) is 3.62. The molecule has 0 bridgehead atoms. The molecule has 118 valence electrons. The Labute approximate surface area is 130 Å². The van der Waals surface area contributed by atoms with Crippen LogP contribution in [0.1, 0.15) is 36.8 Å². The third kappa shape index (κ3) is 3.23. The minimum Gasteiger partial charge on any atom is -0.423 e. The molecule has 1 aromatic carbocycles. The summed E-state index contributed by atoms with van der Waals surface area (Å²) in [6.45, 7) is 4.23. The Hall–Kier alpha value is -1.65. The van der Waals surface area contributed by atoms with E-state index in [4.69, 9.17) is 4.42 Å². The summed E-state index contributed by atoms with van der Waals surface area (Å²) >= 11 is 0. The lowest BCUT2D eigenvalue weighted by molar-refractivity contribution is -0.944. The molecule has 2 atom stereocenters. The van der Waals surface area contributed by atoms with Crippen molar-refractivity contribution in [1.82, 2.24) is 0 Å². The molecule has 0 aliphatic carbocycles. The zero-order valence-electron chi connectivity index (χ0n) is 13.1. The molecule has 1 saturated heterocycles. The van der Waals surface area contributed by atoms with Gasteiger partial charge in [-0.1, -0.05) is 11.6 Å². The first kappa shape index (κ1) is 15.3. The van der Waals surface area contributed by atoms with Crippen LogP contribution in [-0.2, 0) is 6.54 Å². The number of fused-ring (bicyclic) bond motifs is 1. The van der Waals surface area contributed by atoms with Gasteiger partial charge in [-0.2, -0.15) is 0 Å². The van der Waals surface area contributed by atoms with E-state index in [9.17, 15) is 9.90 Å². The first-order valence-corrected chi connectivity index (χ1v) is 8.16. The molecule has 0 spiro atoms. The lowest BCUT2D eigenvalue weighted by Crippen LogP contribution is -3.15. The average Bonchev–Trinajstić information content (AvgIpc) is 2.50. The number of benzene rings is 1. The minimum absolute atomic E-state index is 0.241. The number of rotatable bonds is 4. The Morgan fingerprint density at radius 3 is 3.00 bits per heavy atom. The van der Waals surface area contributed by atoms with Gasteiger partial charge in [0.2, 0.25) is 0 Å². The summed E-state index contributed by atoms with van der Waals surface area (Å²) in [5, 5.41) is 10.3. The normalized spacial score (nSPS) is 22.1. The van der Waals surface area contributed by atoms with E-state index in [0.29, 0.717) is 11.6 Å². The Kier molecular flexibility index (Phi) is 4.60. The van der Waals surface area contributed by atoms with Gasteiger partial charge in [-0.15, -0.1) is 0 Å². The number of aliphatic hydroxyl groups is 1. The second-order valence-electron chi connectivity index (χ2n) is 6.38. The Morgan fingerprint density at radius 2 is 2.18 bits per heavy atom. The van der Waals surface area contributed by atoms with Gasteiger partial charge in [-0.3, -0.25) is 0 Å². The van der Waals surface area contributed by atoms with Crippen molar-refractivity contribution in [3.05, 3.63) is 45.8 Å². The number of hydrogen-bond acceptors (Lipinski definition) is 3. The largest absolute Gasteiger partial charge is 0.423 e. The fraction of sp³-hybridized carbons (Fsp3) is 0.500. The number of hydrogen-bond donors (Lipinski definition) is 2. The Balaban J connectivity index is 1.95. The molecule has 2 heterocycles. The van der Waals surface area contributed by atoms with E-state index in [2.05, 4.69) is 13.0 Å². The van der Waals surface area contributed by atoms with Crippen LogP contribution in [0.5, 0.6) is 0 Å². The molecule has 1 aromatic heterocycles. The second-order valence-corrected chi connectivity index (χ2v) is 6.38. The van der Waals surface area contributed by atoms with E-state index in [-0.39, 0.29) is 12.2 Å².